The molecule has 0 aromatic heterocycles. The Bertz CT molecular complexity index is 997. The van der Waals surface area contributed by atoms with Gasteiger partial charge in [-0.05, 0) is 34.4 Å². The Morgan fingerprint density at radius 1 is 0.577 bits per heavy atom. The predicted octanol–water partition coefficient (Wildman–Crippen LogP) is 5.79. The van der Waals surface area contributed by atoms with Gasteiger partial charge in [-0.25, -0.2) is 0 Å². The topological polar surface area (TPSA) is 34.1 Å². The first-order valence-electron chi connectivity index (χ1n) is 8.01. The van der Waals surface area contributed by atoms with Gasteiger partial charge in [0.1, 0.15) is 0 Å². The molecule has 0 saturated heterocycles. The van der Waals surface area contributed by atoms with E-state index in [-0.39, 0.29) is 21.6 Å². The van der Waals surface area contributed by atoms with E-state index < -0.39 is 0 Å². The van der Waals surface area contributed by atoms with Crippen molar-refractivity contribution in [3.8, 4) is 0 Å². The van der Waals surface area contributed by atoms with Crippen LogP contribution in [0.2, 0.25) is 0 Å². The molecule has 0 saturated carbocycles. The van der Waals surface area contributed by atoms with Crippen LogP contribution in [-0.2, 0) is 0 Å². The van der Waals surface area contributed by atoms with E-state index in [9.17, 15) is 9.59 Å². The molecule has 2 aliphatic rings. The van der Waals surface area contributed by atoms with Gasteiger partial charge in [0.15, 0.2) is 0 Å². The second-order valence-electron chi connectivity index (χ2n) is 5.98. The molecule has 0 amide bonds. The third-order valence-electron chi connectivity index (χ3n) is 4.41. The van der Waals surface area contributed by atoms with Crippen LogP contribution in [0.3, 0.4) is 0 Å². The molecule has 126 valence electrons. The van der Waals surface area contributed by atoms with Gasteiger partial charge in [-0.1, -0.05) is 83.9 Å². The number of benzene rings is 2. The van der Waals surface area contributed by atoms with Crippen molar-refractivity contribution in [2.45, 2.75) is 0 Å². The second kappa shape index (κ2) is 6.56. The standard InChI is InChI=1S/C22H12Cl2O2/c23-19-11-13(15-5-1-3-7-17(15)21(19)25)9-10-14-12-20(24)22(26)18-8-4-2-6-16(14)18/h1-12H/b13-9-,14-10-. The lowest BCUT2D eigenvalue weighted by Crippen LogP contribution is -2.09. The minimum atomic E-state index is -0.177. The van der Waals surface area contributed by atoms with E-state index in [4.69, 9.17) is 23.2 Å². The first kappa shape index (κ1) is 16.8. The molecular formula is C22H12Cl2O2. The van der Waals surface area contributed by atoms with E-state index in [1.165, 1.54) is 0 Å². The van der Waals surface area contributed by atoms with E-state index in [2.05, 4.69) is 0 Å². The second-order valence-corrected chi connectivity index (χ2v) is 6.79. The molecule has 0 fully saturated rings. The maximum Gasteiger partial charge on any atom is 0.204 e. The summed E-state index contributed by atoms with van der Waals surface area (Å²) in [5.41, 5.74) is 4.48. The van der Waals surface area contributed by atoms with Crippen molar-refractivity contribution in [2.24, 2.45) is 0 Å². The van der Waals surface area contributed by atoms with E-state index in [0.29, 0.717) is 11.1 Å². The lowest BCUT2D eigenvalue weighted by atomic mass is 9.89. The average molecular weight is 379 g/mol. The molecule has 4 heteroatoms. The zero-order valence-electron chi connectivity index (χ0n) is 13.5. The Morgan fingerprint density at radius 2 is 0.923 bits per heavy atom. The van der Waals surface area contributed by atoms with E-state index >= 15 is 0 Å². The van der Waals surface area contributed by atoms with Crippen molar-refractivity contribution in [3.05, 3.63) is 105 Å². The number of Topliss-reactive ketones (excluding diaryl/α,β-unsaturated/α-hetero) is 2. The van der Waals surface area contributed by atoms with Crippen LogP contribution >= 0.6 is 23.2 Å². The molecule has 26 heavy (non-hydrogen) atoms. The fourth-order valence-electron chi connectivity index (χ4n) is 3.14. The SMILES string of the molecule is O=C1C(Cl)=C/C(=C/C=C2/C=C(Cl)C(=O)c3ccccc32)c2ccccc21. The number of carbonyl (C=O) groups excluding carboxylic acids is 2. The molecule has 4 rings (SSSR count). The normalized spacial score (nSPS) is 19.2. The average Bonchev–Trinajstić information content (AvgIpc) is 2.67. The van der Waals surface area contributed by atoms with Crippen LogP contribution in [0.15, 0.2) is 82.9 Å². The van der Waals surface area contributed by atoms with Crippen LogP contribution in [0, 0.1) is 0 Å². The summed E-state index contributed by atoms with van der Waals surface area (Å²) in [6.07, 6.45) is 7.09. The van der Waals surface area contributed by atoms with Crippen LogP contribution < -0.4 is 0 Å². The summed E-state index contributed by atoms with van der Waals surface area (Å²) < 4.78 is 0. The van der Waals surface area contributed by atoms with Crippen LogP contribution in [0.4, 0.5) is 0 Å². The van der Waals surface area contributed by atoms with Gasteiger partial charge < -0.3 is 0 Å². The summed E-state index contributed by atoms with van der Waals surface area (Å²) in [6, 6.07) is 14.7. The molecule has 0 heterocycles. The Kier molecular flexibility index (Phi) is 4.23. The number of hydrogen-bond acceptors (Lipinski definition) is 2. The summed E-state index contributed by atoms with van der Waals surface area (Å²) in [5, 5.41) is 0.363. The smallest absolute Gasteiger partial charge is 0.204 e. The summed E-state index contributed by atoms with van der Waals surface area (Å²) >= 11 is 12.2. The molecule has 0 atom stereocenters. The summed E-state index contributed by atoms with van der Waals surface area (Å²) in [4.78, 5) is 24.4. The lowest BCUT2D eigenvalue weighted by molar-refractivity contribution is 0.103. The van der Waals surface area contributed by atoms with Crippen molar-refractivity contribution in [2.75, 3.05) is 0 Å². The number of ketones is 2. The molecule has 2 aromatic carbocycles. The van der Waals surface area contributed by atoms with Gasteiger partial charge in [0.05, 0.1) is 10.1 Å². The third-order valence-corrected chi connectivity index (χ3v) is 4.97. The Balaban J connectivity index is 1.85. The Morgan fingerprint density at radius 3 is 1.31 bits per heavy atom. The summed E-state index contributed by atoms with van der Waals surface area (Å²) in [7, 11) is 0. The number of hydrogen-bond donors (Lipinski definition) is 0. The lowest BCUT2D eigenvalue weighted by Gasteiger charge is -2.16. The molecule has 2 aliphatic carbocycles. The predicted molar refractivity (Wildman–Crippen MR) is 105 cm³/mol. The molecule has 0 bridgehead atoms. The summed E-state index contributed by atoms with van der Waals surface area (Å²) in [5.74, 6) is -0.354. The molecule has 0 N–H and O–H groups in total. The van der Waals surface area contributed by atoms with Crippen LogP contribution in [0.25, 0.3) is 11.1 Å². The fraction of sp³-hybridized carbons (Fsp3) is 0. The van der Waals surface area contributed by atoms with Crippen molar-refractivity contribution >= 4 is 45.9 Å². The molecule has 0 unspecified atom stereocenters. The van der Waals surface area contributed by atoms with E-state index in [1.807, 2.05) is 48.6 Å². The van der Waals surface area contributed by atoms with Crippen molar-refractivity contribution in [1.82, 2.24) is 0 Å². The zero-order chi connectivity index (χ0) is 18.3. The van der Waals surface area contributed by atoms with Crippen LogP contribution in [0.5, 0.6) is 0 Å². The van der Waals surface area contributed by atoms with Crippen molar-refractivity contribution in [1.29, 1.82) is 0 Å². The highest BCUT2D eigenvalue weighted by Crippen LogP contribution is 2.34. The van der Waals surface area contributed by atoms with Crippen molar-refractivity contribution in [3.63, 3.8) is 0 Å². The first-order chi connectivity index (χ1) is 12.6. The number of carbonyl (C=O) groups is 2. The van der Waals surface area contributed by atoms with E-state index in [0.717, 1.165) is 22.3 Å². The highest BCUT2D eigenvalue weighted by atomic mass is 35.5. The van der Waals surface area contributed by atoms with Crippen LogP contribution in [0.1, 0.15) is 31.8 Å². The number of halogens is 2. The monoisotopic (exact) mass is 378 g/mol. The maximum absolute atomic E-state index is 12.2. The van der Waals surface area contributed by atoms with Crippen LogP contribution in [-0.4, -0.2) is 11.6 Å². The van der Waals surface area contributed by atoms with Gasteiger partial charge >= 0.3 is 0 Å². The molecule has 0 radical (unpaired) electrons. The molecular weight excluding hydrogens is 367 g/mol. The molecule has 0 spiro atoms. The van der Waals surface area contributed by atoms with Crippen molar-refractivity contribution < 1.29 is 9.59 Å². The fourth-order valence-corrected chi connectivity index (χ4v) is 3.58. The Labute approximate surface area is 160 Å². The van der Waals surface area contributed by atoms with Gasteiger partial charge in [-0.2, -0.15) is 0 Å². The van der Waals surface area contributed by atoms with Gasteiger partial charge in [0.25, 0.3) is 0 Å². The van der Waals surface area contributed by atoms with Gasteiger partial charge in [-0.15, -0.1) is 0 Å². The minimum absolute atomic E-state index is 0.177. The minimum Gasteiger partial charge on any atom is -0.288 e. The first-order valence-corrected chi connectivity index (χ1v) is 8.76. The third kappa shape index (κ3) is 2.78. The van der Waals surface area contributed by atoms with E-state index in [1.54, 1.807) is 24.3 Å². The molecule has 2 nitrogen and oxygen atoms in total. The number of allylic oxidation sites excluding steroid dienone is 8. The molecule has 0 aliphatic heterocycles. The largest absolute Gasteiger partial charge is 0.288 e. The van der Waals surface area contributed by atoms with Gasteiger partial charge in [0, 0.05) is 11.1 Å². The quantitative estimate of drug-likeness (QED) is 0.628. The Hall–Kier alpha value is -2.68. The number of fused-ring (bicyclic) bond motifs is 2. The zero-order valence-corrected chi connectivity index (χ0v) is 15.0. The maximum atomic E-state index is 12.2. The van der Waals surface area contributed by atoms with Gasteiger partial charge in [-0.3, -0.25) is 9.59 Å². The highest BCUT2D eigenvalue weighted by Gasteiger charge is 2.23. The number of rotatable bonds is 1. The highest BCUT2D eigenvalue weighted by molar-refractivity contribution is 6.47. The van der Waals surface area contributed by atoms with Gasteiger partial charge in [0.2, 0.25) is 11.6 Å². The summed E-state index contributed by atoms with van der Waals surface area (Å²) in [6.45, 7) is 0. The molecule has 2 aromatic rings.